The number of benzene rings is 1. The second kappa shape index (κ2) is 3.51. The number of nitrogens with zero attached hydrogens (tertiary/aromatic N) is 1. The van der Waals surface area contributed by atoms with Gasteiger partial charge in [-0.1, -0.05) is 0 Å². The van der Waals surface area contributed by atoms with Crippen molar-refractivity contribution in [2.24, 2.45) is 5.73 Å². The molecule has 2 N–H and O–H groups in total. The van der Waals surface area contributed by atoms with Crippen LogP contribution in [0.5, 0.6) is 5.75 Å². The summed E-state index contributed by atoms with van der Waals surface area (Å²) < 4.78 is 5.43. The standard InChI is InChI=1S/C10H12N2O3/c1-6-2-3-8(12(13)14)9-7(11)4-5-15-10(6)9/h2-3,7H,4-5,11H2,1H3/t7-/m1/s1. The average molecular weight is 208 g/mol. The SMILES string of the molecule is Cc1ccc([N+](=O)[O-])c2c1OCC[C@H]2N. The minimum atomic E-state index is -0.410. The number of hydrogen-bond acceptors (Lipinski definition) is 4. The van der Waals surface area contributed by atoms with Gasteiger partial charge >= 0.3 is 0 Å². The van der Waals surface area contributed by atoms with E-state index in [-0.39, 0.29) is 11.7 Å². The topological polar surface area (TPSA) is 78.4 Å². The van der Waals surface area contributed by atoms with Crippen molar-refractivity contribution in [3.63, 3.8) is 0 Å². The normalized spacial score (nSPS) is 19.2. The molecule has 0 radical (unpaired) electrons. The van der Waals surface area contributed by atoms with E-state index in [2.05, 4.69) is 0 Å². The van der Waals surface area contributed by atoms with Gasteiger partial charge in [0.15, 0.2) is 0 Å². The first-order chi connectivity index (χ1) is 7.11. The number of rotatable bonds is 1. The zero-order valence-electron chi connectivity index (χ0n) is 8.40. The number of nitro benzene ring substituents is 1. The summed E-state index contributed by atoms with van der Waals surface area (Å²) in [4.78, 5) is 10.4. The van der Waals surface area contributed by atoms with Crippen LogP contribution in [0.25, 0.3) is 0 Å². The summed E-state index contributed by atoms with van der Waals surface area (Å²) in [6.45, 7) is 2.39. The van der Waals surface area contributed by atoms with Crippen LogP contribution in [0.15, 0.2) is 12.1 Å². The molecule has 1 aliphatic heterocycles. The van der Waals surface area contributed by atoms with Crippen LogP contribution in [-0.2, 0) is 0 Å². The Bertz CT molecular complexity index is 417. The molecule has 1 heterocycles. The van der Waals surface area contributed by atoms with Crippen LogP contribution in [-0.4, -0.2) is 11.5 Å². The minimum absolute atomic E-state index is 0.0581. The lowest BCUT2D eigenvalue weighted by atomic mass is 9.97. The summed E-state index contributed by atoms with van der Waals surface area (Å²) >= 11 is 0. The highest BCUT2D eigenvalue weighted by molar-refractivity contribution is 5.55. The van der Waals surface area contributed by atoms with Gasteiger partial charge in [-0.25, -0.2) is 0 Å². The predicted molar refractivity (Wildman–Crippen MR) is 54.9 cm³/mol. The smallest absolute Gasteiger partial charge is 0.277 e. The Hall–Kier alpha value is -1.62. The summed E-state index contributed by atoms with van der Waals surface area (Å²) in [7, 11) is 0. The van der Waals surface area contributed by atoms with Gasteiger partial charge in [-0.15, -0.1) is 0 Å². The molecule has 0 fully saturated rings. The van der Waals surface area contributed by atoms with Gasteiger partial charge in [0.1, 0.15) is 5.75 Å². The molecule has 80 valence electrons. The molecule has 2 rings (SSSR count). The number of nitro groups is 1. The van der Waals surface area contributed by atoms with Crippen LogP contribution in [0.2, 0.25) is 0 Å². The molecular formula is C10H12N2O3. The largest absolute Gasteiger partial charge is 0.493 e. The Morgan fingerprint density at radius 3 is 3.00 bits per heavy atom. The number of ether oxygens (including phenoxy) is 1. The number of hydrogen-bond donors (Lipinski definition) is 1. The highest BCUT2D eigenvalue weighted by atomic mass is 16.6. The molecule has 0 aromatic heterocycles. The monoisotopic (exact) mass is 208 g/mol. The van der Waals surface area contributed by atoms with Crippen LogP contribution in [0, 0.1) is 17.0 Å². The van der Waals surface area contributed by atoms with Crippen LogP contribution >= 0.6 is 0 Å². The summed E-state index contributed by atoms with van der Waals surface area (Å²) in [5, 5.41) is 10.8. The van der Waals surface area contributed by atoms with Gasteiger partial charge in [0.05, 0.1) is 17.1 Å². The maximum atomic E-state index is 10.8. The third-order valence-corrected chi connectivity index (χ3v) is 2.61. The van der Waals surface area contributed by atoms with E-state index >= 15 is 0 Å². The maximum absolute atomic E-state index is 10.8. The number of fused-ring (bicyclic) bond motifs is 1. The first-order valence-corrected chi connectivity index (χ1v) is 4.77. The van der Waals surface area contributed by atoms with Gasteiger partial charge in [0.2, 0.25) is 0 Å². The highest BCUT2D eigenvalue weighted by Gasteiger charge is 2.28. The second-order valence-corrected chi connectivity index (χ2v) is 3.65. The van der Waals surface area contributed by atoms with E-state index in [1.54, 1.807) is 6.07 Å². The lowest BCUT2D eigenvalue weighted by molar-refractivity contribution is -0.385. The molecule has 1 aliphatic rings. The van der Waals surface area contributed by atoms with Crippen molar-refractivity contribution < 1.29 is 9.66 Å². The third-order valence-electron chi connectivity index (χ3n) is 2.61. The quantitative estimate of drug-likeness (QED) is 0.562. The average Bonchev–Trinajstić information content (AvgIpc) is 2.19. The van der Waals surface area contributed by atoms with E-state index < -0.39 is 4.92 Å². The van der Waals surface area contributed by atoms with Gasteiger partial charge in [0.25, 0.3) is 5.69 Å². The Morgan fingerprint density at radius 1 is 1.60 bits per heavy atom. The minimum Gasteiger partial charge on any atom is -0.493 e. The van der Waals surface area contributed by atoms with Crippen molar-refractivity contribution in [3.8, 4) is 5.75 Å². The summed E-state index contributed by atoms with van der Waals surface area (Å²) in [5.74, 6) is 0.586. The molecule has 15 heavy (non-hydrogen) atoms. The van der Waals surface area contributed by atoms with E-state index in [1.807, 2.05) is 6.92 Å². The molecule has 0 spiro atoms. The molecule has 0 unspecified atom stereocenters. The van der Waals surface area contributed by atoms with Crippen molar-refractivity contribution in [3.05, 3.63) is 33.4 Å². The van der Waals surface area contributed by atoms with Crippen LogP contribution in [0.1, 0.15) is 23.6 Å². The number of aryl methyl sites for hydroxylation is 1. The molecule has 5 heteroatoms. The molecule has 0 aliphatic carbocycles. The fourth-order valence-corrected chi connectivity index (χ4v) is 1.84. The Balaban J connectivity index is 2.65. The molecule has 1 aromatic carbocycles. The first kappa shape index (κ1) is 9.92. The van der Waals surface area contributed by atoms with Crippen LogP contribution in [0.3, 0.4) is 0 Å². The Kier molecular flexibility index (Phi) is 2.32. The maximum Gasteiger partial charge on any atom is 0.277 e. The third kappa shape index (κ3) is 1.55. The fraction of sp³-hybridized carbons (Fsp3) is 0.400. The van der Waals surface area contributed by atoms with Crippen molar-refractivity contribution in [1.82, 2.24) is 0 Å². The van der Waals surface area contributed by atoms with Gasteiger partial charge in [-0.3, -0.25) is 10.1 Å². The van der Waals surface area contributed by atoms with E-state index in [4.69, 9.17) is 10.5 Å². The van der Waals surface area contributed by atoms with E-state index in [0.717, 1.165) is 5.56 Å². The van der Waals surface area contributed by atoms with E-state index in [1.165, 1.54) is 6.07 Å². The van der Waals surface area contributed by atoms with E-state index in [9.17, 15) is 10.1 Å². The van der Waals surface area contributed by atoms with Gasteiger partial charge in [-0.2, -0.15) is 0 Å². The zero-order chi connectivity index (χ0) is 11.0. The van der Waals surface area contributed by atoms with Gasteiger partial charge < -0.3 is 10.5 Å². The summed E-state index contributed by atoms with van der Waals surface area (Å²) in [6.07, 6.45) is 0.622. The lowest BCUT2D eigenvalue weighted by Crippen LogP contribution is -2.22. The van der Waals surface area contributed by atoms with Crippen LogP contribution in [0.4, 0.5) is 5.69 Å². The Labute approximate surface area is 87.0 Å². The van der Waals surface area contributed by atoms with Gasteiger partial charge in [-0.05, 0) is 18.6 Å². The molecular weight excluding hydrogens is 196 g/mol. The fourth-order valence-electron chi connectivity index (χ4n) is 1.84. The van der Waals surface area contributed by atoms with Crippen molar-refractivity contribution in [1.29, 1.82) is 0 Å². The molecule has 0 saturated heterocycles. The zero-order valence-corrected chi connectivity index (χ0v) is 8.40. The molecule has 0 amide bonds. The van der Waals surface area contributed by atoms with Crippen molar-refractivity contribution in [2.75, 3.05) is 6.61 Å². The molecule has 1 atom stereocenters. The molecule has 1 aromatic rings. The van der Waals surface area contributed by atoms with Crippen molar-refractivity contribution >= 4 is 5.69 Å². The lowest BCUT2D eigenvalue weighted by Gasteiger charge is -2.23. The molecule has 5 nitrogen and oxygen atoms in total. The van der Waals surface area contributed by atoms with Crippen LogP contribution < -0.4 is 10.5 Å². The number of nitrogens with two attached hydrogens (primary N) is 1. The highest BCUT2D eigenvalue weighted by Crippen LogP contribution is 2.39. The van der Waals surface area contributed by atoms with Crippen molar-refractivity contribution in [2.45, 2.75) is 19.4 Å². The molecule has 0 saturated carbocycles. The summed E-state index contributed by atoms with van der Waals surface area (Å²) in [5.41, 5.74) is 7.36. The van der Waals surface area contributed by atoms with E-state index in [0.29, 0.717) is 24.3 Å². The Morgan fingerprint density at radius 2 is 2.33 bits per heavy atom. The van der Waals surface area contributed by atoms with Gasteiger partial charge in [0, 0.05) is 18.5 Å². The molecule has 0 bridgehead atoms. The second-order valence-electron chi connectivity index (χ2n) is 3.65. The predicted octanol–water partition coefficient (Wildman–Crippen LogP) is 1.69. The summed E-state index contributed by atoms with van der Waals surface area (Å²) in [6, 6.07) is 2.88. The first-order valence-electron chi connectivity index (χ1n) is 4.77.